The van der Waals surface area contributed by atoms with Crippen molar-refractivity contribution < 1.29 is 13.2 Å². The first-order valence-corrected chi connectivity index (χ1v) is 6.53. The number of alkyl halides is 3. The molecule has 0 spiro atoms. The van der Waals surface area contributed by atoms with Gasteiger partial charge in [0.05, 0.1) is 11.6 Å². The van der Waals surface area contributed by atoms with Crippen LogP contribution in [0.25, 0.3) is 0 Å². The molecule has 1 atom stereocenters. The minimum atomic E-state index is -4.41. The molecule has 5 heteroatoms. The largest absolute Gasteiger partial charge is 0.416 e. The number of benzene rings is 2. The molecule has 0 aromatic heterocycles. The fourth-order valence-electron chi connectivity index (χ4n) is 2.55. The maximum atomic E-state index is 13.2. The molecule has 3 N–H and O–H groups in total. The van der Waals surface area contributed by atoms with Crippen LogP contribution in [-0.2, 0) is 6.18 Å². The second kappa shape index (κ2) is 5.87. The van der Waals surface area contributed by atoms with Crippen LogP contribution in [0.2, 0.25) is 0 Å². The molecule has 21 heavy (non-hydrogen) atoms. The highest BCUT2D eigenvalue weighted by Crippen LogP contribution is 2.36. The van der Waals surface area contributed by atoms with Gasteiger partial charge in [0, 0.05) is 0 Å². The highest BCUT2D eigenvalue weighted by molar-refractivity contribution is 5.41. The zero-order valence-electron chi connectivity index (χ0n) is 11.8. The lowest BCUT2D eigenvalue weighted by Crippen LogP contribution is -2.30. The van der Waals surface area contributed by atoms with Crippen molar-refractivity contribution in [1.82, 2.24) is 5.43 Å². The van der Waals surface area contributed by atoms with Crippen LogP contribution in [0, 0.1) is 13.8 Å². The molecule has 2 rings (SSSR count). The van der Waals surface area contributed by atoms with Crippen LogP contribution < -0.4 is 11.3 Å². The third-order valence-electron chi connectivity index (χ3n) is 3.32. The second-order valence-electron chi connectivity index (χ2n) is 5.11. The Morgan fingerprint density at radius 2 is 1.57 bits per heavy atom. The Bertz CT molecular complexity index is 615. The third-order valence-corrected chi connectivity index (χ3v) is 3.32. The normalized spacial score (nSPS) is 13.2. The number of nitrogens with one attached hydrogen (secondary N) is 1. The number of hydrazine groups is 1. The molecule has 0 fully saturated rings. The topological polar surface area (TPSA) is 38.0 Å². The van der Waals surface area contributed by atoms with Crippen molar-refractivity contribution in [3.05, 3.63) is 70.3 Å². The predicted octanol–water partition coefficient (Wildman–Crippen LogP) is 3.87. The Balaban J connectivity index is 2.57. The van der Waals surface area contributed by atoms with Crippen LogP contribution in [0.5, 0.6) is 0 Å². The van der Waals surface area contributed by atoms with Crippen molar-refractivity contribution in [2.75, 3.05) is 0 Å². The molecule has 1 unspecified atom stereocenters. The number of aryl methyl sites for hydroxylation is 2. The van der Waals surface area contributed by atoms with Crippen LogP contribution >= 0.6 is 0 Å². The zero-order chi connectivity index (χ0) is 15.6. The summed E-state index contributed by atoms with van der Waals surface area (Å²) < 4.78 is 39.5. The van der Waals surface area contributed by atoms with Gasteiger partial charge in [-0.2, -0.15) is 13.2 Å². The van der Waals surface area contributed by atoms with Crippen molar-refractivity contribution >= 4 is 0 Å². The summed E-state index contributed by atoms with van der Waals surface area (Å²) in [6, 6.07) is 10.4. The lowest BCUT2D eigenvalue weighted by atomic mass is 9.92. The number of hydrogen-bond donors (Lipinski definition) is 2. The van der Waals surface area contributed by atoms with E-state index in [1.165, 1.54) is 12.1 Å². The first kappa shape index (κ1) is 15.5. The molecule has 2 aromatic carbocycles. The molecule has 0 amide bonds. The van der Waals surface area contributed by atoms with Gasteiger partial charge in [-0.05, 0) is 31.0 Å². The van der Waals surface area contributed by atoms with Crippen LogP contribution in [0.15, 0.2) is 42.5 Å². The van der Waals surface area contributed by atoms with Crippen molar-refractivity contribution in [2.24, 2.45) is 5.84 Å². The molecule has 0 aliphatic rings. The monoisotopic (exact) mass is 294 g/mol. The van der Waals surface area contributed by atoms with Crippen LogP contribution in [0.3, 0.4) is 0 Å². The Morgan fingerprint density at radius 1 is 1.00 bits per heavy atom. The summed E-state index contributed by atoms with van der Waals surface area (Å²) in [5.41, 5.74) is 4.63. The minimum Gasteiger partial charge on any atom is -0.271 e. The van der Waals surface area contributed by atoms with Gasteiger partial charge in [0.25, 0.3) is 0 Å². The molecular weight excluding hydrogens is 277 g/mol. The number of nitrogens with two attached hydrogens (primary N) is 1. The number of halogens is 3. The van der Waals surface area contributed by atoms with Crippen molar-refractivity contribution in [3.63, 3.8) is 0 Å². The highest BCUT2D eigenvalue weighted by Gasteiger charge is 2.35. The van der Waals surface area contributed by atoms with E-state index in [-0.39, 0.29) is 5.56 Å². The Labute approximate surface area is 121 Å². The summed E-state index contributed by atoms with van der Waals surface area (Å²) in [7, 11) is 0. The van der Waals surface area contributed by atoms with E-state index in [0.717, 1.165) is 17.2 Å². The molecule has 0 aliphatic heterocycles. The molecule has 0 saturated carbocycles. The first-order valence-electron chi connectivity index (χ1n) is 6.53. The van der Waals surface area contributed by atoms with E-state index in [1.807, 2.05) is 32.0 Å². The summed E-state index contributed by atoms with van der Waals surface area (Å²) in [6.07, 6.45) is -4.41. The van der Waals surface area contributed by atoms with Gasteiger partial charge in [0.2, 0.25) is 0 Å². The Hall–Kier alpha value is -1.85. The van der Waals surface area contributed by atoms with Crippen LogP contribution in [0.4, 0.5) is 13.2 Å². The van der Waals surface area contributed by atoms with E-state index in [0.29, 0.717) is 5.56 Å². The van der Waals surface area contributed by atoms with Gasteiger partial charge in [-0.15, -0.1) is 0 Å². The smallest absolute Gasteiger partial charge is 0.271 e. The number of hydrogen-bond acceptors (Lipinski definition) is 2. The number of rotatable bonds is 3. The fraction of sp³-hybridized carbons (Fsp3) is 0.250. The molecule has 0 saturated heterocycles. The quantitative estimate of drug-likeness (QED) is 0.666. The maximum absolute atomic E-state index is 13.2. The molecule has 0 radical (unpaired) electrons. The Kier molecular flexibility index (Phi) is 4.34. The van der Waals surface area contributed by atoms with Gasteiger partial charge in [-0.3, -0.25) is 5.84 Å². The average Bonchev–Trinajstić information content (AvgIpc) is 2.38. The standard InChI is InChI=1S/C16H17F3N2/c1-10-7-11(2)9-12(8-10)15(21-20)13-5-3-4-6-14(13)16(17,18)19/h3-9,15,21H,20H2,1-2H3. The van der Waals surface area contributed by atoms with E-state index in [9.17, 15) is 13.2 Å². The summed E-state index contributed by atoms with van der Waals surface area (Å²) in [4.78, 5) is 0. The average molecular weight is 294 g/mol. The lowest BCUT2D eigenvalue weighted by molar-refractivity contribution is -0.138. The van der Waals surface area contributed by atoms with Crippen molar-refractivity contribution in [3.8, 4) is 0 Å². The SMILES string of the molecule is Cc1cc(C)cc(C(NN)c2ccccc2C(F)(F)F)c1. The molecular formula is C16H17F3N2. The molecule has 0 heterocycles. The second-order valence-corrected chi connectivity index (χ2v) is 5.11. The van der Waals surface area contributed by atoms with Crippen LogP contribution in [0.1, 0.15) is 33.9 Å². The van der Waals surface area contributed by atoms with Gasteiger partial charge >= 0.3 is 6.18 Å². The van der Waals surface area contributed by atoms with Crippen LogP contribution in [-0.4, -0.2) is 0 Å². The van der Waals surface area contributed by atoms with Gasteiger partial charge in [0.1, 0.15) is 0 Å². The summed E-state index contributed by atoms with van der Waals surface area (Å²) >= 11 is 0. The van der Waals surface area contributed by atoms with Gasteiger partial charge in [-0.25, -0.2) is 5.43 Å². The highest BCUT2D eigenvalue weighted by atomic mass is 19.4. The Morgan fingerprint density at radius 3 is 2.10 bits per heavy atom. The molecule has 2 nitrogen and oxygen atoms in total. The summed E-state index contributed by atoms with van der Waals surface area (Å²) in [5.74, 6) is 5.53. The van der Waals surface area contributed by atoms with E-state index < -0.39 is 17.8 Å². The van der Waals surface area contributed by atoms with Crippen molar-refractivity contribution in [2.45, 2.75) is 26.1 Å². The van der Waals surface area contributed by atoms with Crippen molar-refractivity contribution in [1.29, 1.82) is 0 Å². The fourth-order valence-corrected chi connectivity index (χ4v) is 2.55. The summed E-state index contributed by atoms with van der Waals surface area (Å²) in [5, 5.41) is 0. The third kappa shape index (κ3) is 3.43. The molecule has 2 aromatic rings. The van der Waals surface area contributed by atoms with Gasteiger partial charge < -0.3 is 0 Å². The zero-order valence-corrected chi connectivity index (χ0v) is 11.8. The van der Waals surface area contributed by atoms with E-state index in [4.69, 9.17) is 5.84 Å². The van der Waals surface area contributed by atoms with E-state index in [2.05, 4.69) is 5.43 Å². The maximum Gasteiger partial charge on any atom is 0.416 e. The molecule has 0 bridgehead atoms. The van der Waals surface area contributed by atoms with Gasteiger partial charge in [0.15, 0.2) is 0 Å². The van der Waals surface area contributed by atoms with E-state index >= 15 is 0 Å². The lowest BCUT2D eigenvalue weighted by Gasteiger charge is -2.22. The molecule has 0 aliphatic carbocycles. The predicted molar refractivity (Wildman–Crippen MR) is 76.5 cm³/mol. The first-order chi connectivity index (χ1) is 9.82. The van der Waals surface area contributed by atoms with E-state index in [1.54, 1.807) is 6.07 Å². The molecule has 112 valence electrons. The van der Waals surface area contributed by atoms with Gasteiger partial charge in [-0.1, -0.05) is 47.5 Å². The summed E-state index contributed by atoms with van der Waals surface area (Å²) in [6.45, 7) is 3.81. The minimum absolute atomic E-state index is 0.123.